The molecule has 0 saturated heterocycles. The van der Waals surface area contributed by atoms with E-state index in [9.17, 15) is 9.18 Å². The maximum absolute atomic E-state index is 14.1. The molecular formula is C17H20FN3O2S. The maximum Gasteiger partial charge on any atom is 0.316 e. The number of aromatic nitrogens is 3. The summed E-state index contributed by atoms with van der Waals surface area (Å²) in [7, 11) is 0. The van der Waals surface area contributed by atoms with Gasteiger partial charge in [0.2, 0.25) is 0 Å². The number of esters is 1. The Morgan fingerprint density at radius 1 is 1.33 bits per heavy atom. The van der Waals surface area contributed by atoms with E-state index in [1.165, 1.54) is 17.8 Å². The van der Waals surface area contributed by atoms with Gasteiger partial charge in [0, 0.05) is 6.04 Å². The molecule has 1 aliphatic carbocycles. The molecule has 7 heteroatoms. The minimum absolute atomic E-state index is 0.152. The van der Waals surface area contributed by atoms with Crippen molar-refractivity contribution in [1.82, 2.24) is 14.8 Å². The Morgan fingerprint density at radius 3 is 2.67 bits per heavy atom. The molecule has 128 valence electrons. The third-order valence-electron chi connectivity index (χ3n) is 3.43. The lowest BCUT2D eigenvalue weighted by Crippen LogP contribution is -2.25. The van der Waals surface area contributed by atoms with Crippen molar-refractivity contribution in [3.8, 4) is 11.4 Å². The Kier molecular flexibility index (Phi) is 4.62. The van der Waals surface area contributed by atoms with E-state index in [4.69, 9.17) is 4.74 Å². The molecule has 1 saturated carbocycles. The summed E-state index contributed by atoms with van der Waals surface area (Å²) in [6.07, 6.45) is 2.03. The van der Waals surface area contributed by atoms with Crippen LogP contribution in [0.15, 0.2) is 29.4 Å². The molecule has 0 unspecified atom stereocenters. The maximum atomic E-state index is 14.1. The van der Waals surface area contributed by atoms with Gasteiger partial charge in [0.15, 0.2) is 11.0 Å². The van der Waals surface area contributed by atoms with Crippen LogP contribution in [0.2, 0.25) is 0 Å². The van der Waals surface area contributed by atoms with E-state index in [0.29, 0.717) is 16.5 Å². The minimum atomic E-state index is -0.514. The number of hydrogen-bond donors (Lipinski definition) is 0. The molecule has 0 spiro atoms. The lowest BCUT2D eigenvalue weighted by Gasteiger charge is -2.19. The average Bonchev–Trinajstić information content (AvgIpc) is 3.24. The average molecular weight is 349 g/mol. The van der Waals surface area contributed by atoms with E-state index in [1.54, 1.807) is 18.2 Å². The second-order valence-corrected chi connectivity index (χ2v) is 7.70. The molecule has 2 aromatic rings. The summed E-state index contributed by atoms with van der Waals surface area (Å²) in [4.78, 5) is 11.9. The Labute approximate surface area is 144 Å². The molecule has 1 aromatic heterocycles. The molecule has 0 radical (unpaired) electrons. The van der Waals surface area contributed by atoms with Crippen molar-refractivity contribution in [2.45, 2.75) is 50.4 Å². The van der Waals surface area contributed by atoms with Crippen LogP contribution < -0.4 is 0 Å². The molecule has 0 aliphatic heterocycles. The van der Waals surface area contributed by atoms with Crippen molar-refractivity contribution < 1.29 is 13.9 Å². The van der Waals surface area contributed by atoms with Crippen LogP contribution in [0.25, 0.3) is 11.4 Å². The van der Waals surface area contributed by atoms with Crippen molar-refractivity contribution in [2.24, 2.45) is 0 Å². The molecule has 0 N–H and O–H groups in total. The van der Waals surface area contributed by atoms with Gasteiger partial charge in [0.05, 0.1) is 11.3 Å². The largest absolute Gasteiger partial charge is 0.459 e. The lowest BCUT2D eigenvalue weighted by molar-refractivity contribution is -0.151. The van der Waals surface area contributed by atoms with Crippen LogP contribution in [0.3, 0.4) is 0 Å². The highest BCUT2D eigenvalue weighted by molar-refractivity contribution is 7.99. The third-order valence-corrected chi connectivity index (χ3v) is 4.35. The van der Waals surface area contributed by atoms with Crippen molar-refractivity contribution in [3.05, 3.63) is 30.1 Å². The number of nitrogens with zero attached hydrogens (tertiary/aromatic N) is 3. The fourth-order valence-electron chi connectivity index (χ4n) is 2.36. The molecule has 0 amide bonds. The third kappa shape index (κ3) is 3.95. The SMILES string of the molecule is CC(C)(C)OC(=O)CSc1nnc(-c2ccccc2F)n1C1CC1. The number of rotatable bonds is 5. The van der Waals surface area contributed by atoms with E-state index < -0.39 is 5.60 Å². The van der Waals surface area contributed by atoms with Crippen LogP contribution in [0.1, 0.15) is 39.7 Å². The zero-order valence-electron chi connectivity index (χ0n) is 14.0. The number of carbonyl (C=O) groups excluding carboxylic acids is 1. The number of thioether (sulfide) groups is 1. The minimum Gasteiger partial charge on any atom is -0.459 e. The summed E-state index contributed by atoms with van der Waals surface area (Å²) < 4.78 is 21.3. The first-order valence-corrected chi connectivity index (χ1v) is 8.88. The molecular weight excluding hydrogens is 329 g/mol. The van der Waals surface area contributed by atoms with E-state index in [0.717, 1.165) is 12.8 Å². The first-order chi connectivity index (χ1) is 11.3. The normalized spacial score (nSPS) is 14.7. The number of carbonyl (C=O) groups is 1. The van der Waals surface area contributed by atoms with Crippen molar-refractivity contribution in [3.63, 3.8) is 0 Å². The summed E-state index contributed by atoms with van der Waals surface area (Å²) in [6.45, 7) is 5.50. The topological polar surface area (TPSA) is 57.0 Å². The number of benzene rings is 1. The van der Waals surface area contributed by atoms with Crippen LogP contribution in [-0.2, 0) is 9.53 Å². The molecule has 1 aromatic carbocycles. The lowest BCUT2D eigenvalue weighted by atomic mass is 10.2. The highest BCUT2D eigenvalue weighted by Gasteiger charge is 2.31. The predicted molar refractivity (Wildman–Crippen MR) is 90.3 cm³/mol. The molecule has 24 heavy (non-hydrogen) atoms. The van der Waals surface area contributed by atoms with Crippen LogP contribution in [0, 0.1) is 5.82 Å². The standard InChI is InChI=1S/C17H20FN3O2S/c1-17(2,3)23-14(22)10-24-16-20-19-15(21(16)11-8-9-11)12-6-4-5-7-13(12)18/h4-7,11H,8-10H2,1-3H3. The van der Waals surface area contributed by atoms with Crippen molar-refractivity contribution in [2.75, 3.05) is 5.75 Å². The Hall–Kier alpha value is -1.89. The molecule has 0 atom stereocenters. The van der Waals surface area contributed by atoms with Gasteiger partial charge >= 0.3 is 5.97 Å². The fraction of sp³-hybridized carbons (Fsp3) is 0.471. The predicted octanol–water partition coefficient (Wildman–Crippen LogP) is 3.85. The molecule has 1 fully saturated rings. The number of hydrogen-bond acceptors (Lipinski definition) is 5. The first kappa shape index (κ1) is 17.0. The van der Waals surface area contributed by atoms with Crippen LogP contribution >= 0.6 is 11.8 Å². The van der Waals surface area contributed by atoms with Gasteiger partial charge in [0.25, 0.3) is 0 Å². The van der Waals surface area contributed by atoms with Gasteiger partial charge in [-0.1, -0.05) is 23.9 Å². The zero-order valence-corrected chi connectivity index (χ0v) is 14.8. The fourth-order valence-corrected chi connectivity index (χ4v) is 3.14. The summed E-state index contributed by atoms with van der Waals surface area (Å²) in [5, 5.41) is 8.95. The van der Waals surface area contributed by atoms with Gasteiger partial charge in [-0.3, -0.25) is 9.36 Å². The second kappa shape index (κ2) is 6.55. The summed E-state index contributed by atoms with van der Waals surface area (Å²) >= 11 is 1.28. The van der Waals surface area contributed by atoms with Crippen LogP contribution in [0.5, 0.6) is 0 Å². The molecule has 1 aliphatic rings. The van der Waals surface area contributed by atoms with E-state index in [-0.39, 0.29) is 23.6 Å². The van der Waals surface area contributed by atoms with Crippen LogP contribution in [0.4, 0.5) is 4.39 Å². The molecule has 3 rings (SSSR count). The number of ether oxygens (including phenoxy) is 1. The second-order valence-electron chi connectivity index (χ2n) is 6.76. The summed E-state index contributed by atoms with van der Waals surface area (Å²) in [6, 6.07) is 6.80. The van der Waals surface area contributed by atoms with Gasteiger partial charge in [-0.15, -0.1) is 10.2 Å². The summed E-state index contributed by atoms with van der Waals surface area (Å²) in [5.74, 6) is 0.0439. The smallest absolute Gasteiger partial charge is 0.316 e. The van der Waals surface area contributed by atoms with E-state index in [2.05, 4.69) is 10.2 Å². The van der Waals surface area contributed by atoms with Gasteiger partial charge in [0.1, 0.15) is 11.4 Å². The molecule has 5 nitrogen and oxygen atoms in total. The van der Waals surface area contributed by atoms with Gasteiger partial charge in [-0.25, -0.2) is 4.39 Å². The molecule has 0 bridgehead atoms. The van der Waals surface area contributed by atoms with E-state index >= 15 is 0 Å². The highest BCUT2D eigenvalue weighted by Crippen LogP contribution is 2.41. The van der Waals surface area contributed by atoms with E-state index in [1.807, 2.05) is 25.3 Å². The Balaban J connectivity index is 1.80. The number of halogens is 1. The van der Waals surface area contributed by atoms with Crippen LogP contribution in [-0.4, -0.2) is 32.1 Å². The molecule has 1 heterocycles. The van der Waals surface area contributed by atoms with Crippen molar-refractivity contribution >= 4 is 17.7 Å². The first-order valence-electron chi connectivity index (χ1n) is 7.89. The van der Waals surface area contributed by atoms with Gasteiger partial charge in [-0.05, 0) is 45.7 Å². The van der Waals surface area contributed by atoms with Crippen molar-refractivity contribution in [1.29, 1.82) is 0 Å². The monoisotopic (exact) mass is 349 g/mol. The quantitative estimate of drug-likeness (QED) is 0.606. The van der Waals surface area contributed by atoms with Gasteiger partial charge in [-0.2, -0.15) is 0 Å². The zero-order chi connectivity index (χ0) is 17.3. The summed E-state index contributed by atoms with van der Waals surface area (Å²) in [5.41, 5.74) is -0.0823. The van der Waals surface area contributed by atoms with Gasteiger partial charge < -0.3 is 4.74 Å². The Morgan fingerprint density at radius 2 is 2.04 bits per heavy atom. The Bertz CT molecular complexity index is 751. The highest BCUT2D eigenvalue weighted by atomic mass is 32.2.